The molecule has 2 atom stereocenters. The molecule has 0 bridgehead atoms. The third-order valence-electron chi connectivity index (χ3n) is 8.56. The van der Waals surface area contributed by atoms with Crippen LogP contribution in [0.1, 0.15) is 53.4 Å². The molecule has 3 aromatic heterocycles. The summed E-state index contributed by atoms with van der Waals surface area (Å²) in [6.45, 7) is 3.00. The van der Waals surface area contributed by atoms with Crippen LogP contribution in [0.4, 0.5) is 19.1 Å². The van der Waals surface area contributed by atoms with Crippen LogP contribution in [0.15, 0.2) is 29.6 Å². The number of sulfonamides is 1. The number of alkyl halides is 3. The molecule has 3 aliphatic rings. The highest BCUT2D eigenvalue weighted by Crippen LogP contribution is 2.54. The van der Waals surface area contributed by atoms with Crippen molar-refractivity contribution in [2.24, 2.45) is 7.05 Å². The first kappa shape index (κ1) is 29.0. The van der Waals surface area contributed by atoms with Gasteiger partial charge in [-0.1, -0.05) is 6.92 Å². The monoisotopic (exact) mass is 624 g/mol. The van der Waals surface area contributed by atoms with E-state index in [1.807, 2.05) is 18.9 Å². The smallest absolute Gasteiger partial charge is 0.351 e. The minimum Gasteiger partial charge on any atom is -0.351 e. The molecule has 42 heavy (non-hydrogen) atoms. The second-order valence-corrected chi connectivity index (χ2v) is 14.0. The Hall–Kier alpha value is -3.08. The van der Waals surface area contributed by atoms with Gasteiger partial charge in [0.15, 0.2) is 0 Å². The van der Waals surface area contributed by atoms with Crippen LogP contribution in [0.25, 0.3) is 10.6 Å². The number of aryl methyl sites for hydroxylation is 1. The van der Waals surface area contributed by atoms with Gasteiger partial charge < -0.3 is 15.5 Å². The molecule has 0 aliphatic carbocycles. The number of amides is 1. The SMILES string of the molecule is CCC12CC(NC)CN1C(=O)c1cc(-c3nc(NC4CCN(S(=O)(=O)c5cnn(C)c5)CC4)ncc3C(F)(F)F)sc12. The minimum atomic E-state index is -4.70. The molecular formula is C26H31F3N8O3S2. The Morgan fingerprint density at radius 2 is 1.93 bits per heavy atom. The van der Waals surface area contributed by atoms with Gasteiger partial charge in [0.05, 0.1) is 27.9 Å². The first-order valence-electron chi connectivity index (χ1n) is 13.7. The van der Waals surface area contributed by atoms with E-state index in [1.54, 1.807) is 7.05 Å². The number of halogens is 3. The maximum Gasteiger partial charge on any atom is 0.420 e. The molecule has 6 rings (SSSR count). The highest BCUT2D eigenvalue weighted by Gasteiger charge is 2.55. The normalized spacial score (nSPS) is 23.4. The van der Waals surface area contributed by atoms with Crippen LogP contribution >= 0.6 is 11.3 Å². The van der Waals surface area contributed by atoms with Gasteiger partial charge in [0.25, 0.3) is 5.91 Å². The van der Waals surface area contributed by atoms with Crippen molar-refractivity contribution >= 4 is 33.2 Å². The Kier molecular flexibility index (Phi) is 7.10. The number of carbonyl (C=O) groups excluding carboxylic acids is 1. The quantitative estimate of drug-likeness (QED) is 0.411. The number of anilines is 1. The summed E-state index contributed by atoms with van der Waals surface area (Å²) in [5.41, 5.74) is -1.35. The maximum atomic E-state index is 14.1. The fourth-order valence-corrected chi connectivity index (χ4v) is 9.16. The van der Waals surface area contributed by atoms with Gasteiger partial charge in [-0.3, -0.25) is 9.48 Å². The van der Waals surface area contributed by atoms with Gasteiger partial charge in [0.1, 0.15) is 10.5 Å². The number of likely N-dealkylation sites (N-methyl/N-ethyl adjacent to an activating group) is 1. The van der Waals surface area contributed by atoms with Crippen molar-refractivity contribution in [2.45, 2.75) is 61.3 Å². The van der Waals surface area contributed by atoms with Crippen molar-refractivity contribution in [3.05, 3.63) is 40.7 Å². The molecule has 2 N–H and O–H groups in total. The molecule has 3 aliphatic heterocycles. The summed E-state index contributed by atoms with van der Waals surface area (Å²) in [5.74, 6) is -0.143. The van der Waals surface area contributed by atoms with Crippen molar-refractivity contribution in [1.29, 1.82) is 0 Å². The highest BCUT2D eigenvalue weighted by molar-refractivity contribution is 7.89. The van der Waals surface area contributed by atoms with E-state index >= 15 is 0 Å². The van der Waals surface area contributed by atoms with Gasteiger partial charge in [-0.2, -0.15) is 22.6 Å². The summed E-state index contributed by atoms with van der Waals surface area (Å²) >= 11 is 1.19. The van der Waals surface area contributed by atoms with Gasteiger partial charge in [-0.25, -0.2) is 18.4 Å². The zero-order valence-corrected chi connectivity index (χ0v) is 24.9. The molecule has 2 unspecified atom stereocenters. The molecule has 0 saturated carbocycles. The third kappa shape index (κ3) is 4.68. The largest absolute Gasteiger partial charge is 0.420 e. The first-order chi connectivity index (χ1) is 19.9. The Labute approximate surface area is 245 Å². The predicted octanol–water partition coefficient (Wildman–Crippen LogP) is 3.28. The lowest BCUT2D eigenvalue weighted by atomic mass is 9.91. The number of fused-ring (bicyclic) bond motifs is 3. The number of piperidine rings is 1. The number of hydrogen-bond donors (Lipinski definition) is 2. The third-order valence-corrected chi connectivity index (χ3v) is 11.7. The standard InChI is InChI=1S/C26H31F3N8O3S2/c1-4-25-10-16(30-2)13-37(25)23(38)18-9-20(41-22(18)25)21-19(26(27,28)29)12-31-24(34-21)33-15-5-7-36(8-6-15)42(39,40)17-11-32-35(3)14-17/h9,11-12,14-16,30H,4-8,10,13H2,1-3H3,(H,31,33,34). The van der Waals surface area contributed by atoms with Crippen molar-refractivity contribution in [1.82, 2.24) is 34.3 Å². The molecule has 16 heteroatoms. The molecule has 1 amide bonds. The van der Waals surface area contributed by atoms with Crippen molar-refractivity contribution in [3.8, 4) is 10.6 Å². The maximum absolute atomic E-state index is 14.1. The Morgan fingerprint density at radius 1 is 1.19 bits per heavy atom. The van der Waals surface area contributed by atoms with Gasteiger partial charge in [-0.15, -0.1) is 11.3 Å². The van der Waals surface area contributed by atoms with E-state index < -0.39 is 27.3 Å². The number of hydrogen-bond acceptors (Lipinski definition) is 9. The molecule has 0 spiro atoms. The molecule has 2 fully saturated rings. The molecule has 226 valence electrons. The van der Waals surface area contributed by atoms with Crippen LogP contribution in [0.5, 0.6) is 0 Å². The minimum absolute atomic E-state index is 0.0226. The molecule has 6 heterocycles. The lowest BCUT2D eigenvalue weighted by molar-refractivity contribution is -0.137. The second kappa shape index (κ2) is 10.3. The summed E-state index contributed by atoms with van der Waals surface area (Å²) in [6.07, 6.45) is 1.00. The fraction of sp³-hybridized carbons (Fsp3) is 0.538. The van der Waals surface area contributed by atoms with Crippen molar-refractivity contribution in [3.63, 3.8) is 0 Å². The van der Waals surface area contributed by atoms with E-state index in [1.165, 1.54) is 38.8 Å². The van der Waals surface area contributed by atoms with Crippen LogP contribution in [-0.4, -0.2) is 82.0 Å². The summed E-state index contributed by atoms with van der Waals surface area (Å²) in [4.78, 5) is 24.6. The molecule has 0 aromatic carbocycles. The van der Waals surface area contributed by atoms with E-state index in [4.69, 9.17) is 0 Å². The lowest BCUT2D eigenvalue weighted by Crippen LogP contribution is -2.42. The number of rotatable bonds is 7. The summed E-state index contributed by atoms with van der Waals surface area (Å²) in [6, 6.07) is 1.41. The van der Waals surface area contributed by atoms with Gasteiger partial charge >= 0.3 is 6.18 Å². The fourth-order valence-electron chi connectivity index (χ4n) is 6.27. The Morgan fingerprint density at radius 3 is 2.55 bits per heavy atom. The zero-order valence-electron chi connectivity index (χ0n) is 23.3. The highest BCUT2D eigenvalue weighted by atomic mass is 32.2. The Balaban J connectivity index is 1.25. The second-order valence-electron chi connectivity index (χ2n) is 11.0. The molecule has 2 saturated heterocycles. The molecule has 11 nitrogen and oxygen atoms in total. The van der Waals surface area contributed by atoms with Crippen LogP contribution in [0.2, 0.25) is 0 Å². The summed E-state index contributed by atoms with van der Waals surface area (Å²) < 4.78 is 71.0. The van der Waals surface area contributed by atoms with Gasteiger partial charge in [-0.05, 0) is 38.8 Å². The molecule has 0 radical (unpaired) electrons. The van der Waals surface area contributed by atoms with Crippen molar-refractivity contribution in [2.75, 3.05) is 32.0 Å². The average molecular weight is 625 g/mol. The number of nitrogens with one attached hydrogen (secondary N) is 2. The first-order valence-corrected chi connectivity index (χ1v) is 16.0. The number of thiophene rings is 1. The predicted molar refractivity (Wildman–Crippen MR) is 149 cm³/mol. The van der Waals surface area contributed by atoms with E-state index in [-0.39, 0.29) is 52.5 Å². The van der Waals surface area contributed by atoms with Crippen LogP contribution < -0.4 is 10.6 Å². The number of carbonyl (C=O) groups is 1. The van der Waals surface area contributed by atoms with E-state index in [0.29, 0.717) is 37.8 Å². The van der Waals surface area contributed by atoms with Gasteiger partial charge in [0.2, 0.25) is 16.0 Å². The summed E-state index contributed by atoms with van der Waals surface area (Å²) in [5, 5.41) is 10.3. The number of aromatic nitrogens is 4. The number of nitrogens with zero attached hydrogens (tertiary/aromatic N) is 6. The van der Waals surface area contributed by atoms with E-state index in [2.05, 4.69) is 25.7 Å². The molecular weight excluding hydrogens is 593 g/mol. The zero-order chi connectivity index (χ0) is 30.0. The topological polar surface area (TPSA) is 125 Å². The van der Waals surface area contributed by atoms with Crippen molar-refractivity contribution < 1.29 is 26.4 Å². The van der Waals surface area contributed by atoms with Gasteiger partial charge in [0, 0.05) is 56.0 Å². The van der Waals surface area contributed by atoms with E-state index in [9.17, 15) is 26.4 Å². The summed E-state index contributed by atoms with van der Waals surface area (Å²) in [7, 11) is -0.210. The Bertz CT molecular complexity index is 1630. The van der Waals surface area contributed by atoms with Crippen LogP contribution in [-0.2, 0) is 28.8 Å². The molecule has 3 aromatic rings. The van der Waals surface area contributed by atoms with Crippen LogP contribution in [0, 0.1) is 0 Å². The van der Waals surface area contributed by atoms with Crippen LogP contribution in [0.3, 0.4) is 0 Å². The van der Waals surface area contributed by atoms with E-state index in [0.717, 1.165) is 11.1 Å². The lowest BCUT2D eigenvalue weighted by Gasteiger charge is -2.31. The average Bonchev–Trinajstić information content (AvgIpc) is 3.72.